The predicted molar refractivity (Wildman–Crippen MR) is 87.5 cm³/mol. The SMILES string of the molecule is FC(F)(F)c1cccc(Nc2nccc(NCCc3c[nH]cn3)n2)c1. The van der Waals surface area contributed by atoms with Gasteiger partial charge in [0.15, 0.2) is 0 Å². The van der Waals surface area contributed by atoms with Crippen molar-refractivity contribution >= 4 is 17.5 Å². The van der Waals surface area contributed by atoms with E-state index in [4.69, 9.17) is 0 Å². The lowest BCUT2D eigenvalue weighted by atomic mass is 10.2. The van der Waals surface area contributed by atoms with Crippen LogP contribution in [0.5, 0.6) is 0 Å². The van der Waals surface area contributed by atoms with Gasteiger partial charge in [0.05, 0.1) is 17.6 Å². The molecule has 0 radical (unpaired) electrons. The topological polar surface area (TPSA) is 78.5 Å². The van der Waals surface area contributed by atoms with Crippen LogP contribution in [-0.2, 0) is 12.6 Å². The maximum absolute atomic E-state index is 12.8. The lowest BCUT2D eigenvalue weighted by Gasteiger charge is -2.10. The van der Waals surface area contributed by atoms with Crippen LogP contribution in [0.15, 0.2) is 49.1 Å². The number of benzene rings is 1. The summed E-state index contributed by atoms with van der Waals surface area (Å²) >= 11 is 0. The minimum atomic E-state index is -4.39. The smallest absolute Gasteiger partial charge is 0.370 e. The van der Waals surface area contributed by atoms with Gasteiger partial charge in [0, 0.05) is 31.0 Å². The molecule has 0 atom stereocenters. The minimum absolute atomic E-state index is 0.212. The van der Waals surface area contributed by atoms with Gasteiger partial charge in [0.25, 0.3) is 0 Å². The van der Waals surface area contributed by atoms with Crippen molar-refractivity contribution in [3.8, 4) is 0 Å². The molecule has 0 amide bonds. The van der Waals surface area contributed by atoms with Gasteiger partial charge in [-0.15, -0.1) is 0 Å². The van der Waals surface area contributed by atoms with Crippen LogP contribution in [0.25, 0.3) is 0 Å². The van der Waals surface area contributed by atoms with Crippen molar-refractivity contribution in [1.82, 2.24) is 19.9 Å². The average Bonchev–Trinajstić information content (AvgIpc) is 3.08. The number of nitrogens with one attached hydrogen (secondary N) is 3. The zero-order valence-electron chi connectivity index (χ0n) is 13.0. The summed E-state index contributed by atoms with van der Waals surface area (Å²) in [5.41, 5.74) is 0.457. The average molecular weight is 348 g/mol. The highest BCUT2D eigenvalue weighted by Gasteiger charge is 2.30. The van der Waals surface area contributed by atoms with Crippen LogP contribution in [0.1, 0.15) is 11.3 Å². The van der Waals surface area contributed by atoms with Gasteiger partial charge in [-0.2, -0.15) is 18.2 Å². The van der Waals surface area contributed by atoms with Crippen molar-refractivity contribution in [3.05, 3.63) is 60.3 Å². The van der Waals surface area contributed by atoms with Crippen molar-refractivity contribution in [2.24, 2.45) is 0 Å². The molecule has 3 aromatic rings. The van der Waals surface area contributed by atoms with E-state index in [0.717, 1.165) is 17.8 Å². The molecule has 3 N–H and O–H groups in total. The van der Waals surface area contributed by atoms with E-state index in [1.165, 1.54) is 18.3 Å². The Balaban J connectivity index is 1.63. The van der Waals surface area contributed by atoms with Gasteiger partial charge in [0.2, 0.25) is 5.95 Å². The molecule has 0 bridgehead atoms. The molecular weight excluding hydrogens is 333 g/mol. The second-order valence-corrected chi connectivity index (χ2v) is 5.21. The Bertz CT molecular complexity index is 817. The lowest BCUT2D eigenvalue weighted by Crippen LogP contribution is -2.08. The molecule has 25 heavy (non-hydrogen) atoms. The largest absolute Gasteiger partial charge is 0.416 e. The first-order chi connectivity index (χ1) is 12.0. The highest BCUT2D eigenvalue weighted by molar-refractivity contribution is 5.56. The van der Waals surface area contributed by atoms with Crippen LogP contribution < -0.4 is 10.6 Å². The fourth-order valence-corrected chi connectivity index (χ4v) is 2.17. The fourth-order valence-electron chi connectivity index (χ4n) is 2.17. The van der Waals surface area contributed by atoms with Crippen LogP contribution in [0, 0.1) is 0 Å². The third-order valence-electron chi connectivity index (χ3n) is 3.34. The van der Waals surface area contributed by atoms with Crippen LogP contribution >= 0.6 is 0 Å². The minimum Gasteiger partial charge on any atom is -0.370 e. The highest BCUT2D eigenvalue weighted by Crippen LogP contribution is 2.31. The van der Waals surface area contributed by atoms with E-state index >= 15 is 0 Å². The molecule has 0 saturated carbocycles. The first kappa shape index (κ1) is 16.7. The van der Waals surface area contributed by atoms with Gasteiger partial charge in [-0.05, 0) is 24.3 Å². The Kier molecular flexibility index (Phi) is 4.82. The van der Waals surface area contributed by atoms with Gasteiger partial charge >= 0.3 is 6.18 Å². The molecule has 2 heterocycles. The van der Waals surface area contributed by atoms with Crippen LogP contribution in [-0.4, -0.2) is 26.5 Å². The maximum Gasteiger partial charge on any atom is 0.416 e. The number of halogens is 3. The predicted octanol–water partition coefficient (Wildman–Crippen LogP) is 3.62. The summed E-state index contributed by atoms with van der Waals surface area (Å²) in [6.07, 6.45) is 1.26. The van der Waals surface area contributed by atoms with Crippen molar-refractivity contribution < 1.29 is 13.2 Å². The third-order valence-corrected chi connectivity index (χ3v) is 3.34. The summed E-state index contributed by atoms with van der Waals surface area (Å²) in [4.78, 5) is 15.3. The highest BCUT2D eigenvalue weighted by atomic mass is 19.4. The van der Waals surface area contributed by atoms with E-state index in [1.807, 2.05) is 6.20 Å². The van der Waals surface area contributed by atoms with Gasteiger partial charge in [0.1, 0.15) is 5.82 Å². The van der Waals surface area contributed by atoms with Crippen molar-refractivity contribution in [2.75, 3.05) is 17.2 Å². The van der Waals surface area contributed by atoms with Gasteiger partial charge in [-0.3, -0.25) is 0 Å². The second kappa shape index (κ2) is 7.20. The van der Waals surface area contributed by atoms with Gasteiger partial charge in [-0.1, -0.05) is 6.07 Å². The molecule has 0 aliphatic carbocycles. The summed E-state index contributed by atoms with van der Waals surface area (Å²) in [5.74, 6) is 0.782. The third kappa shape index (κ3) is 4.69. The molecule has 3 rings (SSSR count). The normalized spacial score (nSPS) is 11.3. The Labute approximate surface area is 141 Å². The summed E-state index contributed by atoms with van der Waals surface area (Å²) in [6.45, 7) is 0.616. The number of rotatable bonds is 6. The van der Waals surface area contributed by atoms with Crippen LogP contribution in [0.3, 0.4) is 0 Å². The molecule has 1 aromatic carbocycles. The lowest BCUT2D eigenvalue weighted by molar-refractivity contribution is -0.137. The second-order valence-electron chi connectivity index (χ2n) is 5.21. The Morgan fingerprint density at radius 3 is 2.76 bits per heavy atom. The molecule has 0 fully saturated rings. The zero-order chi connectivity index (χ0) is 17.7. The number of aromatic amines is 1. The van der Waals surface area contributed by atoms with Crippen LogP contribution in [0.4, 0.5) is 30.6 Å². The first-order valence-corrected chi connectivity index (χ1v) is 7.49. The van der Waals surface area contributed by atoms with E-state index in [0.29, 0.717) is 18.8 Å². The molecule has 0 saturated heterocycles. The Hall–Kier alpha value is -3.10. The van der Waals surface area contributed by atoms with Crippen molar-refractivity contribution in [1.29, 1.82) is 0 Å². The monoisotopic (exact) mass is 348 g/mol. The molecule has 2 aromatic heterocycles. The number of nitrogens with zero attached hydrogens (tertiary/aromatic N) is 3. The number of hydrogen-bond acceptors (Lipinski definition) is 5. The number of aromatic nitrogens is 4. The van der Waals surface area contributed by atoms with Crippen molar-refractivity contribution in [2.45, 2.75) is 12.6 Å². The summed E-state index contributed by atoms with van der Waals surface area (Å²) in [5, 5.41) is 5.90. The summed E-state index contributed by atoms with van der Waals surface area (Å²) in [6, 6.07) is 6.56. The first-order valence-electron chi connectivity index (χ1n) is 7.49. The van der Waals surface area contributed by atoms with E-state index in [2.05, 4.69) is 30.6 Å². The molecule has 0 spiro atoms. The number of alkyl halides is 3. The molecular formula is C16H15F3N6. The zero-order valence-corrected chi connectivity index (χ0v) is 13.0. The summed E-state index contributed by atoms with van der Waals surface area (Å²) in [7, 11) is 0. The quantitative estimate of drug-likeness (QED) is 0.634. The number of hydrogen-bond donors (Lipinski definition) is 3. The molecule has 0 aliphatic rings. The van der Waals surface area contributed by atoms with Gasteiger partial charge < -0.3 is 15.6 Å². The molecule has 6 nitrogen and oxygen atoms in total. The number of anilines is 3. The molecule has 0 unspecified atom stereocenters. The fraction of sp³-hybridized carbons (Fsp3) is 0.188. The molecule has 130 valence electrons. The van der Waals surface area contributed by atoms with E-state index < -0.39 is 11.7 Å². The van der Waals surface area contributed by atoms with Crippen molar-refractivity contribution in [3.63, 3.8) is 0 Å². The Morgan fingerprint density at radius 1 is 1.12 bits per heavy atom. The van der Waals surface area contributed by atoms with E-state index in [9.17, 15) is 13.2 Å². The van der Waals surface area contributed by atoms with Gasteiger partial charge in [-0.25, -0.2) is 9.97 Å². The number of imidazole rings is 1. The maximum atomic E-state index is 12.8. The van der Waals surface area contributed by atoms with E-state index in [1.54, 1.807) is 12.4 Å². The Morgan fingerprint density at radius 2 is 2.00 bits per heavy atom. The molecule has 0 aliphatic heterocycles. The van der Waals surface area contributed by atoms with Crippen LogP contribution in [0.2, 0.25) is 0 Å². The summed E-state index contributed by atoms with van der Waals surface area (Å²) < 4.78 is 38.3. The molecule has 9 heteroatoms. The van der Waals surface area contributed by atoms with E-state index in [-0.39, 0.29) is 11.6 Å². The number of H-pyrrole nitrogens is 1. The standard InChI is InChI=1S/C16H15F3N6/c17-16(18,19)11-2-1-3-12(8-11)24-15-22-7-5-14(25-15)21-6-4-13-9-20-10-23-13/h1-3,5,7-10H,4,6H2,(H,20,23)(H2,21,22,24,25).